The first-order chi connectivity index (χ1) is 11.5. The number of ether oxygens (including phenoxy) is 1. The van der Waals surface area contributed by atoms with Crippen molar-refractivity contribution in [1.29, 1.82) is 0 Å². The smallest absolute Gasteiger partial charge is 0.342 e. The number of aromatic hydroxyl groups is 1. The van der Waals surface area contributed by atoms with E-state index in [1.165, 1.54) is 12.1 Å². The number of Topliss-reactive ketones (excluding diaryl/α,β-unsaturated/α-hetero) is 1. The maximum atomic E-state index is 12.2. The monoisotopic (exact) mass is 325 g/mol. The minimum Gasteiger partial charge on any atom is -0.507 e. The van der Waals surface area contributed by atoms with Crippen molar-refractivity contribution in [2.75, 3.05) is 11.9 Å². The maximum Gasteiger partial charge on any atom is 0.342 e. The second-order valence-corrected chi connectivity index (χ2v) is 5.53. The van der Waals surface area contributed by atoms with Crippen LogP contribution in [0.2, 0.25) is 0 Å². The summed E-state index contributed by atoms with van der Waals surface area (Å²) in [7, 11) is 0. The third kappa shape index (κ3) is 2.86. The van der Waals surface area contributed by atoms with Gasteiger partial charge in [-0.1, -0.05) is 12.1 Å². The predicted molar refractivity (Wildman–Crippen MR) is 86.2 cm³/mol. The molecule has 3 rings (SSSR count). The lowest BCUT2D eigenvalue weighted by molar-refractivity contribution is -0.116. The molecule has 0 saturated carbocycles. The Morgan fingerprint density at radius 2 is 1.96 bits per heavy atom. The first-order valence-corrected chi connectivity index (χ1v) is 7.40. The molecule has 0 radical (unpaired) electrons. The standard InChI is InChI=1S/C18H15NO5/c1-10-13-8-11(6-7-14(13)19-17(10)22)16(21)9-24-18(23)12-4-2-3-5-15(12)20/h2-8,10,20H,9H2,1H3,(H,19,22)/t10-/m1/s1. The van der Waals surface area contributed by atoms with Crippen LogP contribution in [0.1, 0.15) is 39.1 Å². The first kappa shape index (κ1) is 15.7. The fourth-order valence-electron chi connectivity index (χ4n) is 2.53. The Labute approximate surface area is 138 Å². The van der Waals surface area contributed by atoms with Crippen molar-refractivity contribution in [3.8, 4) is 5.75 Å². The Kier molecular flexibility index (Phi) is 4.04. The van der Waals surface area contributed by atoms with Crippen molar-refractivity contribution in [1.82, 2.24) is 0 Å². The average Bonchev–Trinajstić information content (AvgIpc) is 2.87. The molecule has 0 saturated heterocycles. The van der Waals surface area contributed by atoms with Gasteiger partial charge in [0.2, 0.25) is 5.91 Å². The number of amides is 1. The molecule has 0 aromatic heterocycles. The van der Waals surface area contributed by atoms with Crippen LogP contribution in [0.15, 0.2) is 42.5 Å². The van der Waals surface area contributed by atoms with Gasteiger partial charge in [0.05, 0.1) is 5.92 Å². The van der Waals surface area contributed by atoms with Crippen LogP contribution < -0.4 is 5.32 Å². The topological polar surface area (TPSA) is 92.7 Å². The molecule has 2 aromatic carbocycles. The number of ketones is 1. The van der Waals surface area contributed by atoms with Gasteiger partial charge in [0.25, 0.3) is 0 Å². The van der Waals surface area contributed by atoms with Gasteiger partial charge in [-0.2, -0.15) is 0 Å². The Hall–Kier alpha value is -3.15. The fraction of sp³-hybridized carbons (Fsp3) is 0.167. The van der Waals surface area contributed by atoms with Gasteiger partial charge in [0, 0.05) is 11.3 Å². The van der Waals surface area contributed by atoms with E-state index < -0.39 is 12.6 Å². The normalized spacial score (nSPS) is 15.5. The molecule has 2 aromatic rings. The summed E-state index contributed by atoms with van der Waals surface area (Å²) in [6.45, 7) is 1.31. The van der Waals surface area contributed by atoms with Crippen LogP contribution >= 0.6 is 0 Å². The average molecular weight is 325 g/mol. The van der Waals surface area contributed by atoms with Gasteiger partial charge in [-0.15, -0.1) is 0 Å². The Balaban J connectivity index is 1.69. The maximum absolute atomic E-state index is 12.2. The van der Waals surface area contributed by atoms with E-state index in [2.05, 4.69) is 5.32 Å². The van der Waals surface area contributed by atoms with Crippen LogP contribution in [0.4, 0.5) is 5.69 Å². The molecule has 1 aliphatic rings. The lowest BCUT2D eigenvalue weighted by Gasteiger charge is -2.07. The van der Waals surface area contributed by atoms with Gasteiger partial charge in [-0.3, -0.25) is 9.59 Å². The molecule has 0 aliphatic carbocycles. The number of fused-ring (bicyclic) bond motifs is 1. The molecule has 1 aliphatic heterocycles. The molecule has 0 bridgehead atoms. The van der Waals surface area contributed by atoms with Crippen LogP contribution in [0.3, 0.4) is 0 Å². The summed E-state index contributed by atoms with van der Waals surface area (Å²) in [4.78, 5) is 35.7. The van der Waals surface area contributed by atoms with E-state index in [4.69, 9.17) is 4.74 Å². The predicted octanol–water partition coefficient (Wildman–Crippen LogP) is 2.49. The summed E-state index contributed by atoms with van der Waals surface area (Å²) >= 11 is 0. The van der Waals surface area contributed by atoms with E-state index >= 15 is 0 Å². The number of hydrogen-bond acceptors (Lipinski definition) is 5. The van der Waals surface area contributed by atoms with Gasteiger partial charge in [0.1, 0.15) is 11.3 Å². The molecule has 1 amide bonds. The second kappa shape index (κ2) is 6.16. The molecule has 122 valence electrons. The van der Waals surface area contributed by atoms with E-state index in [0.29, 0.717) is 11.3 Å². The minimum absolute atomic E-state index is 0.00247. The van der Waals surface area contributed by atoms with Crippen molar-refractivity contribution >= 4 is 23.3 Å². The Morgan fingerprint density at radius 3 is 2.71 bits per heavy atom. The molecule has 0 unspecified atom stereocenters. The molecule has 2 N–H and O–H groups in total. The summed E-state index contributed by atoms with van der Waals surface area (Å²) in [6.07, 6.45) is 0. The summed E-state index contributed by atoms with van der Waals surface area (Å²) in [5.41, 5.74) is 1.80. The SMILES string of the molecule is C[C@H]1C(=O)Nc2ccc(C(=O)COC(=O)c3ccccc3O)cc21. The van der Waals surface area contributed by atoms with Gasteiger partial charge in [-0.25, -0.2) is 4.79 Å². The number of phenols is 1. The molecular weight excluding hydrogens is 310 g/mol. The molecule has 6 heteroatoms. The number of carbonyl (C=O) groups is 3. The van der Waals surface area contributed by atoms with Crippen LogP contribution in [0, 0.1) is 0 Å². The largest absolute Gasteiger partial charge is 0.507 e. The Bertz CT molecular complexity index is 843. The van der Waals surface area contributed by atoms with Crippen LogP contribution in [0.5, 0.6) is 5.75 Å². The zero-order valence-electron chi connectivity index (χ0n) is 12.9. The molecule has 0 fully saturated rings. The van der Waals surface area contributed by atoms with Crippen LogP contribution in [-0.4, -0.2) is 29.4 Å². The zero-order valence-corrected chi connectivity index (χ0v) is 12.9. The quantitative estimate of drug-likeness (QED) is 0.665. The highest BCUT2D eigenvalue weighted by Gasteiger charge is 2.27. The van der Waals surface area contributed by atoms with E-state index in [1.54, 1.807) is 37.3 Å². The van der Waals surface area contributed by atoms with Crippen molar-refractivity contribution in [2.45, 2.75) is 12.8 Å². The fourth-order valence-corrected chi connectivity index (χ4v) is 2.53. The van der Waals surface area contributed by atoms with Crippen molar-refractivity contribution in [3.63, 3.8) is 0 Å². The molecule has 1 atom stereocenters. The van der Waals surface area contributed by atoms with E-state index in [0.717, 1.165) is 5.56 Å². The number of nitrogens with one attached hydrogen (secondary N) is 1. The molecule has 1 heterocycles. The molecule has 6 nitrogen and oxygen atoms in total. The van der Waals surface area contributed by atoms with Gasteiger partial charge in [-0.05, 0) is 42.8 Å². The third-order valence-electron chi connectivity index (χ3n) is 3.95. The van der Waals surface area contributed by atoms with E-state index in [-0.39, 0.29) is 28.9 Å². The van der Waals surface area contributed by atoms with Crippen molar-refractivity contribution in [3.05, 3.63) is 59.2 Å². The van der Waals surface area contributed by atoms with Gasteiger partial charge >= 0.3 is 5.97 Å². The number of rotatable bonds is 4. The van der Waals surface area contributed by atoms with E-state index in [9.17, 15) is 19.5 Å². The lowest BCUT2D eigenvalue weighted by Crippen LogP contribution is -2.14. The highest BCUT2D eigenvalue weighted by Crippen LogP contribution is 2.32. The zero-order chi connectivity index (χ0) is 17.3. The number of carbonyl (C=O) groups excluding carboxylic acids is 3. The molecular formula is C18H15NO5. The first-order valence-electron chi connectivity index (χ1n) is 7.40. The van der Waals surface area contributed by atoms with Crippen LogP contribution in [0.25, 0.3) is 0 Å². The van der Waals surface area contributed by atoms with Crippen molar-refractivity contribution in [2.24, 2.45) is 0 Å². The Morgan fingerprint density at radius 1 is 1.21 bits per heavy atom. The van der Waals surface area contributed by atoms with E-state index in [1.807, 2.05) is 0 Å². The van der Waals surface area contributed by atoms with Crippen molar-refractivity contribution < 1.29 is 24.2 Å². The molecule has 24 heavy (non-hydrogen) atoms. The summed E-state index contributed by atoms with van der Waals surface area (Å²) in [6, 6.07) is 10.8. The van der Waals surface area contributed by atoms with Gasteiger partial charge < -0.3 is 15.2 Å². The number of benzene rings is 2. The number of esters is 1. The minimum atomic E-state index is -0.771. The highest BCUT2D eigenvalue weighted by atomic mass is 16.5. The summed E-state index contributed by atoms with van der Waals surface area (Å²) in [5, 5.41) is 12.3. The summed E-state index contributed by atoms with van der Waals surface area (Å²) < 4.78 is 4.96. The number of anilines is 1. The highest BCUT2D eigenvalue weighted by molar-refractivity contribution is 6.05. The number of para-hydroxylation sites is 1. The third-order valence-corrected chi connectivity index (χ3v) is 3.95. The number of hydrogen-bond donors (Lipinski definition) is 2. The summed E-state index contributed by atoms with van der Waals surface area (Å²) in [5.74, 6) is -1.79. The molecule has 0 spiro atoms. The van der Waals surface area contributed by atoms with Crippen LogP contribution in [-0.2, 0) is 9.53 Å². The second-order valence-electron chi connectivity index (χ2n) is 5.53. The lowest BCUT2D eigenvalue weighted by atomic mass is 9.99. The van der Waals surface area contributed by atoms with Gasteiger partial charge in [0.15, 0.2) is 12.4 Å². The number of phenolic OH excluding ortho intramolecular Hbond substituents is 1.